The van der Waals surface area contributed by atoms with E-state index in [2.05, 4.69) is 39.3 Å². The molecule has 1 N–H and O–H groups in total. The number of hydrogen-bond donors (Lipinski definition) is 1. The van der Waals surface area contributed by atoms with Gasteiger partial charge in [-0.15, -0.1) is 0 Å². The number of H-pyrrole nitrogens is 1. The quantitative estimate of drug-likeness (QED) is 0.737. The number of aromatic amines is 1. The van der Waals surface area contributed by atoms with Crippen LogP contribution >= 0.6 is 0 Å². The molecule has 0 spiro atoms. The maximum Gasteiger partial charge on any atom is 0.167 e. The van der Waals surface area contributed by atoms with Crippen LogP contribution in [0.2, 0.25) is 0 Å². The summed E-state index contributed by atoms with van der Waals surface area (Å²) in [5.74, 6) is 1.66. The van der Waals surface area contributed by atoms with Gasteiger partial charge in [-0.25, -0.2) is 4.98 Å². The van der Waals surface area contributed by atoms with E-state index in [0.29, 0.717) is 13.2 Å². The summed E-state index contributed by atoms with van der Waals surface area (Å²) in [4.78, 5) is 7.28. The summed E-state index contributed by atoms with van der Waals surface area (Å²) in [5, 5.41) is 22.8. The van der Waals surface area contributed by atoms with E-state index in [1.54, 1.807) is 10.9 Å². The molecule has 1 saturated heterocycles. The van der Waals surface area contributed by atoms with Gasteiger partial charge in [0.15, 0.2) is 11.5 Å². The zero-order valence-corrected chi connectivity index (χ0v) is 16.6. The maximum absolute atomic E-state index is 10.3. The zero-order valence-electron chi connectivity index (χ0n) is 16.6. The molecule has 2 fully saturated rings. The highest BCUT2D eigenvalue weighted by atomic mass is 16.5. The second-order valence-electron chi connectivity index (χ2n) is 8.14. The van der Waals surface area contributed by atoms with Crippen LogP contribution in [0.15, 0.2) is 24.5 Å². The Hall–Kier alpha value is -2.92. The van der Waals surface area contributed by atoms with Crippen LogP contribution in [0.1, 0.15) is 44.6 Å². The third-order valence-corrected chi connectivity index (χ3v) is 6.34. The minimum absolute atomic E-state index is 0.231. The first-order valence-corrected chi connectivity index (χ1v) is 10.4. The van der Waals surface area contributed by atoms with Crippen LogP contribution in [-0.2, 0) is 10.2 Å². The standard InChI is InChI=1S/C21H25N7O/c1-15-13-29-10-9-27(15)19-11-17(21(14-22)6-3-2-4-7-21)16-12-24-28(20(16)25-19)18-5-8-23-26-18/h5,8,11-12,15H,2-4,6-7,9-10,13H2,1H3,(H,23,26)/t15-/m1/s1. The fourth-order valence-electron chi connectivity index (χ4n) is 4.74. The Balaban J connectivity index is 1.74. The van der Waals surface area contributed by atoms with Crippen molar-refractivity contribution in [3.63, 3.8) is 0 Å². The summed E-state index contributed by atoms with van der Waals surface area (Å²) in [6, 6.07) is 6.92. The van der Waals surface area contributed by atoms with E-state index in [1.807, 2.05) is 12.3 Å². The lowest BCUT2D eigenvalue weighted by Gasteiger charge is -2.36. The average molecular weight is 391 g/mol. The van der Waals surface area contributed by atoms with Crippen LogP contribution in [0.3, 0.4) is 0 Å². The van der Waals surface area contributed by atoms with Crippen molar-refractivity contribution in [3.05, 3.63) is 30.1 Å². The number of rotatable bonds is 3. The SMILES string of the molecule is C[C@@H]1COCCN1c1cc(C2(C#N)CCCCC2)c2cnn(-c3ccn[nH]3)c2n1. The van der Waals surface area contributed by atoms with Crippen molar-refractivity contribution in [3.8, 4) is 11.9 Å². The smallest absolute Gasteiger partial charge is 0.167 e. The Kier molecular flexibility index (Phi) is 4.47. The van der Waals surface area contributed by atoms with Gasteiger partial charge in [0, 0.05) is 18.0 Å². The Morgan fingerprint density at radius 2 is 2.17 bits per heavy atom. The predicted octanol–water partition coefficient (Wildman–Crippen LogP) is 3.09. The van der Waals surface area contributed by atoms with Gasteiger partial charge in [0.2, 0.25) is 0 Å². The highest BCUT2D eigenvalue weighted by molar-refractivity contribution is 5.84. The fourth-order valence-corrected chi connectivity index (χ4v) is 4.74. The van der Waals surface area contributed by atoms with Crippen molar-refractivity contribution in [2.24, 2.45) is 0 Å². The van der Waals surface area contributed by atoms with Gasteiger partial charge in [-0.3, -0.25) is 5.10 Å². The van der Waals surface area contributed by atoms with E-state index < -0.39 is 5.41 Å². The maximum atomic E-state index is 10.3. The number of nitriles is 1. The summed E-state index contributed by atoms with van der Waals surface area (Å²) in [6.45, 7) is 4.30. The lowest BCUT2D eigenvalue weighted by Crippen LogP contribution is -2.44. The number of nitrogens with zero attached hydrogens (tertiary/aromatic N) is 6. The molecule has 1 aliphatic heterocycles. The molecule has 2 aliphatic rings. The molecule has 29 heavy (non-hydrogen) atoms. The number of pyridine rings is 1. The number of fused-ring (bicyclic) bond motifs is 1. The molecule has 1 aliphatic carbocycles. The first-order chi connectivity index (χ1) is 14.2. The van der Waals surface area contributed by atoms with Gasteiger partial charge in [0.1, 0.15) is 5.82 Å². The van der Waals surface area contributed by atoms with Crippen molar-refractivity contribution in [2.45, 2.75) is 50.5 Å². The highest BCUT2D eigenvalue weighted by Crippen LogP contribution is 2.43. The lowest BCUT2D eigenvalue weighted by atomic mass is 9.70. The van der Waals surface area contributed by atoms with Gasteiger partial charge in [0.25, 0.3) is 0 Å². The van der Waals surface area contributed by atoms with Crippen LogP contribution in [0.4, 0.5) is 5.82 Å². The second-order valence-corrected chi connectivity index (χ2v) is 8.14. The number of aromatic nitrogens is 5. The number of nitrogens with one attached hydrogen (secondary N) is 1. The van der Waals surface area contributed by atoms with E-state index in [0.717, 1.165) is 60.5 Å². The van der Waals surface area contributed by atoms with Gasteiger partial charge in [-0.05, 0) is 31.4 Å². The van der Waals surface area contributed by atoms with Crippen LogP contribution in [0.5, 0.6) is 0 Å². The molecule has 8 nitrogen and oxygen atoms in total. The van der Waals surface area contributed by atoms with Crippen LogP contribution in [0.25, 0.3) is 16.9 Å². The molecule has 150 valence electrons. The zero-order chi connectivity index (χ0) is 19.8. The monoisotopic (exact) mass is 391 g/mol. The molecule has 0 unspecified atom stereocenters. The summed E-state index contributed by atoms with van der Waals surface area (Å²) < 4.78 is 7.41. The van der Waals surface area contributed by atoms with E-state index in [-0.39, 0.29) is 6.04 Å². The van der Waals surface area contributed by atoms with Gasteiger partial charge in [-0.2, -0.15) is 20.1 Å². The number of hydrogen-bond acceptors (Lipinski definition) is 6. The van der Waals surface area contributed by atoms with Crippen LogP contribution in [0, 0.1) is 11.3 Å². The molecule has 1 saturated carbocycles. The van der Waals surface area contributed by atoms with Gasteiger partial charge in [0.05, 0.1) is 43.1 Å². The van der Waals surface area contributed by atoms with Crippen molar-refractivity contribution in [1.82, 2.24) is 25.0 Å². The summed E-state index contributed by atoms with van der Waals surface area (Å²) >= 11 is 0. The second kappa shape index (κ2) is 7.16. The molecule has 0 amide bonds. The first kappa shape index (κ1) is 18.1. The Morgan fingerprint density at radius 1 is 1.31 bits per heavy atom. The van der Waals surface area contributed by atoms with Gasteiger partial charge in [-0.1, -0.05) is 19.3 Å². The first-order valence-electron chi connectivity index (χ1n) is 10.4. The highest BCUT2D eigenvalue weighted by Gasteiger charge is 2.37. The molecular weight excluding hydrogens is 366 g/mol. The minimum Gasteiger partial charge on any atom is -0.377 e. The number of ether oxygens (including phenoxy) is 1. The van der Waals surface area contributed by atoms with E-state index in [9.17, 15) is 5.26 Å². The van der Waals surface area contributed by atoms with Gasteiger partial charge < -0.3 is 9.64 Å². The predicted molar refractivity (Wildman–Crippen MR) is 109 cm³/mol. The molecule has 1 atom stereocenters. The summed E-state index contributed by atoms with van der Waals surface area (Å²) in [5.41, 5.74) is 1.34. The van der Waals surface area contributed by atoms with Gasteiger partial charge >= 0.3 is 0 Å². The molecule has 3 aromatic rings. The topological polar surface area (TPSA) is 95.6 Å². The molecule has 3 aromatic heterocycles. The van der Waals surface area contributed by atoms with Crippen molar-refractivity contribution >= 4 is 16.9 Å². The van der Waals surface area contributed by atoms with E-state index >= 15 is 0 Å². The Bertz CT molecular complexity index is 1040. The third kappa shape index (κ3) is 2.97. The summed E-state index contributed by atoms with van der Waals surface area (Å²) in [6.07, 6.45) is 8.67. The Morgan fingerprint density at radius 3 is 2.90 bits per heavy atom. The molecule has 0 aromatic carbocycles. The number of morpholine rings is 1. The fraction of sp³-hybridized carbons (Fsp3) is 0.524. The molecule has 5 rings (SSSR count). The average Bonchev–Trinajstić information content (AvgIpc) is 3.43. The van der Waals surface area contributed by atoms with Crippen LogP contribution in [-0.4, -0.2) is 50.8 Å². The normalized spacial score (nSPS) is 21.9. The van der Waals surface area contributed by atoms with Crippen molar-refractivity contribution in [1.29, 1.82) is 5.26 Å². The lowest BCUT2D eigenvalue weighted by molar-refractivity contribution is 0.0985. The molecule has 8 heteroatoms. The molecule has 0 bridgehead atoms. The largest absolute Gasteiger partial charge is 0.377 e. The van der Waals surface area contributed by atoms with E-state index in [4.69, 9.17) is 9.72 Å². The molecule has 4 heterocycles. The molecule has 0 radical (unpaired) electrons. The third-order valence-electron chi connectivity index (χ3n) is 6.34. The number of anilines is 1. The van der Waals surface area contributed by atoms with Crippen molar-refractivity contribution < 1.29 is 4.74 Å². The van der Waals surface area contributed by atoms with Crippen molar-refractivity contribution in [2.75, 3.05) is 24.7 Å². The Labute approximate surface area is 169 Å². The minimum atomic E-state index is -0.481. The summed E-state index contributed by atoms with van der Waals surface area (Å²) in [7, 11) is 0. The molecular formula is C21H25N7O. The van der Waals surface area contributed by atoms with E-state index in [1.165, 1.54) is 6.42 Å². The van der Waals surface area contributed by atoms with Crippen LogP contribution < -0.4 is 4.90 Å².